The molecule has 0 amide bonds. The summed E-state index contributed by atoms with van der Waals surface area (Å²) in [4.78, 5) is 11.7. The van der Waals surface area contributed by atoms with Crippen molar-refractivity contribution < 1.29 is 0 Å². The predicted molar refractivity (Wildman–Crippen MR) is 218 cm³/mol. The van der Waals surface area contributed by atoms with Gasteiger partial charge in [-0.1, -0.05) is 121 Å². The van der Waals surface area contributed by atoms with Crippen LogP contribution in [0.4, 0.5) is 0 Å². The average molecular weight is 686 g/mol. The number of fused-ring (bicyclic) bond motifs is 9. The van der Waals surface area contributed by atoms with Gasteiger partial charge in [-0.2, -0.15) is 0 Å². The number of para-hydroxylation sites is 2. The highest BCUT2D eigenvalue weighted by Gasteiger charge is 2.20. The van der Waals surface area contributed by atoms with Crippen LogP contribution in [0.1, 0.15) is 0 Å². The number of benzene rings is 7. The van der Waals surface area contributed by atoms with Crippen LogP contribution in [-0.4, -0.2) is 14.5 Å². The summed E-state index contributed by atoms with van der Waals surface area (Å²) in [7, 11) is 0. The molecule has 0 bridgehead atoms. The van der Waals surface area contributed by atoms with Gasteiger partial charge in [-0.15, -0.1) is 22.7 Å². The van der Waals surface area contributed by atoms with Gasteiger partial charge in [0.25, 0.3) is 0 Å². The van der Waals surface area contributed by atoms with Gasteiger partial charge < -0.3 is 4.57 Å². The van der Waals surface area contributed by atoms with Crippen LogP contribution in [0.2, 0.25) is 0 Å². The molecule has 11 rings (SSSR count). The molecule has 4 aromatic heterocycles. The van der Waals surface area contributed by atoms with Crippen LogP contribution >= 0.6 is 22.7 Å². The van der Waals surface area contributed by atoms with E-state index < -0.39 is 0 Å². The zero-order chi connectivity index (χ0) is 33.5. The Hall–Kier alpha value is -6.14. The first-order valence-electron chi connectivity index (χ1n) is 17.1. The maximum atomic E-state index is 5.44. The second-order valence-corrected chi connectivity index (χ2v) is 15.0. The number of hydrogen-bond donors (Lipinski definition) is 0. The number of hydrogen-bond acceptors (Lipinski definition) is 4. The first-order valence-corrected chi connectivity index (χ1v) is 18.7. The number of thiophene rings is 2. The lowest BCUT2D eigenvalue weighted by Gasteiger charge is -2.12. The van der Waals surface area contributed by atoms with Crippen LogP contribution in [0.15, 0.2) is 164 Å². The van der Waals surface area contributed by atoms with Gasteiger partial charge in [0.1, 0.15) is 4.83 Å². The average Bonchev–Trinajstić information content (AvgIpc) is 3.87. The second-order valence-electron chi connectivity index (χ2n) is 13.0. The van der Waals surface area contributed by atoms with Gasteiger partial charge in [0.05, 0.1) is 16.7 Å². The van der Waals surface area contributed by atoms with Crippen molar-refractivity contribution in [3.05, 3.63) is 164 Å². The third-order valence-corrected chi connectivity index (χ3v) is 12.3. The summed E-state index contributed by atoms with van der Waals surface area (Å²) in [5.41, 5.74) is 8.96. The zero-order valence-corrected chi connectivity index (χ0v) is 28.9. The Bertz CT molecular complexity index is 3110. The van der Waals surface area contributed by atoms with Gasteiger partial charge >= 0.3 is 0 Å². The normalized spacial score (nSPS) is 11.9. The molecule has 0 aliphatic heterocycles. The molecular weight excluding hydrogens is 659 g/mol. The van der Waals surface area contributed by atoms with E-state index in [-0.39, 0.29) is 0 Å². The molecule has 0 saturated carbocycles. The fourth-order valence-electron chi connectivity index (χ4n) is 7.74. The largest absolute Gasteiger partial charge is 0.309 e. The molecule has 0 fully saturated rings. The summed E-state index contributed by atoms with van der Waals surface area (Å²) >= 11 is 3.59. The lowest BCUT2D eigenvalue weighted by molar-refractivity contribution is 1.18. The topological polar surface area (TPSA) is 30.7 Å². The van der Waals surface area contributed by atoms with E-state index in [0.29, 0.717) is 0 Å². The van der Waals surface area contributed by atoms with E-state index in [2.05, 4.69) is 168 Å². The Labute approximate surface area is 301 Å². The molecule has 0 unspecified atom stereocenters. The summed E-state index contributed by atoms with van der Waals surface area (Å²) in [5.74, 6) is 0.738. The number of nitrogens with zero attached hydrogens (tertiary/aromatic N) is 3. The van der Waals surface area contributed by atoms with E-state index in [1.165, 1.54) is 52.1 Å². The van der Waals surface area contributed by atoms with Crippen LogP contribution in [0.3, 0.4) is 0 Å². The fourth-order valence-corrected chi connectivity index (χ4v) is 10.0. The third kappa shape index (κ3) is 4.42. The van der Waals surface area contributed by atoms with Crippen LogP contribution in [0.25, 0.3) is 102 Å². The molecule has 3 nitrogen and oxygen atoms in total. The summed E-state index contributed by atoms with van der Waals surface area (Å²) in [6, 6.07) is 58.8. The molecule has 7 aromatic carbocycles. The lowest BCUT2D eigenvalue weighted by Crippen LogP contribution is -1.95. The molecule has 0 spiro atoms. The summed E-state index contributed by atoms with van der Waals surface area (Å²) < 4.78 is 6.14. The van der Waals surface area contributed by atoms with E-state index in [9.17, 15) is 0 Å². The Morgan fingerprint density at radius 2 is 1.02 bits per heavy atom. The minimum atomic E-state index is 0.738. The molecule has 5 heteroatoms. The van der Waals surface area contributed by atoms with Crippen molar-refractivity contribution in [3.63, 3.8) is 0 Å². The number of aromatic nitrogens is 3. The highest BCUT2D eigenvalue weighted by Crippen LogP contribution is 2.45. The minimum Gasteiger partial charge on any atom is -0.309 e. The molecule has 0 saturated heterocycles. The lowest BCUT2D eigenvalue weighted by atomic mass is 10.0. The van der Waals surface area contributed by atoms with E-state index in [1.807, 2.05) is 11.3 Å². The Morgan fingerprint density at radius 3 is 1.80 bits per heavy atom. The molecule has 11 aromatic rings. The van der Waals surface area contributed by atoms with Gasteiger partial charge in [0.15, 0.2) is 5.82 Å². The molecule has 238 valence electrons. The molecule has 51 heavy (non-hydrogen) atoms. The van der Waals surface area contributed by atoms with Crippen molar-refractivity contribution in [3.8, 4) is 39.5 Å². The SMILES string of the molecule is c1cc(-c2cccc(-n3c4ccccc4c4ccccc43)c2)cc(-c2nc(-c3cccc4c3sc3ccccc34)c3c(n2)sc2ccccc23)c1. The van der Waals surface area contributed by atoms with Crippen LogP contribution in [0.5, 0.6) is 0 Å². The van der Waals surface area contributed by atoms with Crippen molar-refractivity contribution >= 4 is 85.0 Å². The first-order chi connectivity index (χ1) is 25.3. The molecule has 0 aliphatic rings. The van der Waals surface area contributed by atoms with Crippen molar-refractivity contribution in [2.24, 2.45) is 0 Å². The quantitative estimate of drug-likeness (QED) is 0.185. The van der Waals surface area contributed by atoms with Gasteiger partial charge in [-0.25, -0.2) is 9.97 Å². The van der Waals surface area contributed by atoms with Gasteiger partial charge in [0.2, 0.25) is 0 Å². The third-order valence-electron chi connectivity index (χ3n) is 10.0. The number of rotatable bonds is 4. The van der Waals surface area contributed by atoms with Gasteiger partial charge in [0, 0.05) is 63.2 Å². The molecule has 0 aliphatic carbocycles. The Morgan fingerprint density at radius 1 is 0.431 bits per heavy atom. The van der Waals surface area contributed by atoms with E-state index in [0.717, 1.165) is 49.7 Å². The van der Waals surface area contributed by atoms with E-state index >= 15 is 0 Å². The molecule has 0 N–H and O–H groups in total. The van der Waals surface area contributed by atoms with Crippen molar-refractivity contribution in [2.75, 3.05) is 0 Å². The van der Waals surface area contributed by atoms with Gasteiger partial charge in [-0.05, 0) is 53.6 Å². The Kier molecular flexibility index (Phi) is 6.29. The summed E-state index contributed by atoms with van der Waals surface area (Å²) in [5, 5.41) is 7.40. The van der Waals surface area contributed by atoms with Crippen molar-refractivity contribution in [2.45, 2.75) is 0 Å². The molecular formula is C46H27N3S2. The maximum Gasteiger partial charge on any atom is 0.161 e. The minimum absolute atomic E-state index is 0.738. The zero-order valence-electron chi connectivity index (χ0n) is 27.2. The molecule has 4 heterocycles. The maximum absolute atomic E-state index is 5.44. The first kappa shape index (κ1) is 28.7. The standard InChI is InChI=1S/C46H27N3S2/c1-5-22-38-32(16-1)33-17-2-6-23-39(33)49(38)31-15-10-13-29(27-31)28-12-9-14-30(26-28)45-47-43(42-36-19-4-8-25-41(36)51-46(42)48-45)37-21-11-20-35-34-18-3-7-24-40(34)50-44(35)37/h1-27H. The van der Waals surface area contributed by atoms with Crippen LogP contribution in [0, 0.1) is 0 Å². The van der Waals surface area contributed by atoms with Crippen molar-refractivity contribution in [1.82, 2.24) is 14.5 Å². The fraction of sp³-hybridized carbons (Fsp3) is 0. The highest BCUT2D eigenvalue weighted by molar-refractivity contribution is 7.26. The smallest absolute Gasteiger partial charge is 0.161 e. The van der Waals surface area contributed by atoms with E-state index in [4.69, 9.17) is 9.97 Å². The summed E-state index contributed by atoms with van der Waals surface area (Å²) in [6.07, 6.45) is 0. The second kappa shape index (κ2) is 11.2. The van der Waals surface area contributed by atoms with E-state index in [1.54, 1.807) is 11.3 Å². The van der Waals surface area contributed by atoms with Crippen molar-refractivity contribution in [1.29, 1.82) is 0 Å². The summed E-state index contributed by atoms with van der Waals surface area (Å²) in [6.45, 7) is 0. The van der Waals surface area contributed by atoms with Crippen LogP contribution in [-0.2, 0) is 0 Å². The van der Waals surface area contributed by atoms with Crippen LogP contribution < -0.4 is 0 Å². The Balaban J connectivity index is 1.10. The monoisotopic (exact) mass is 685 g/mol. The molecule has 0 radical (unpaired) electrons. The predicted octanol–water partition coefficient (Wildman–Crippen LogP) is 13.3. The highest BCUT2D eigenvalue weighted by atomic mass is 32.1. The van der Waals surface area contributed by atoms with Gasteiger partial charge in [-0.3, -0.25) is 0 Å². The molecule has 0 atom stereocenters.